The van der Waals surface area contributed by atoms with E-state index in [0.717, 1.165) is 33.1 Å². The molecular formula is C22H19FN4OS. The average Bonchev–Trinajstić information content (AvgIpc) is 3.12. The number of para-hydroxylation sites is 1. The van der Waals surface area contributed by atoms with Crippen molar-refractivity contribution in [1.82, 2.24) is 14.6 Å². The SMILES string of the molecule is Cc1cc(SCC(=O)Nc2ccccc2C)n2ncc(-c3ccc(F)cc3)c2n1. The average molecular weight is 406 g/mol. The van der Waals surface area contributed by atoms with Gasteiger partial charge in [-0.25, -0.2) is 13.9 Å². The van der Waals surface area contributed by atoms with Crippen LogP contribution in [0.25, 0.3) is 16.8 Å². The smallest absolute Gasteiger partial charge is 0.234 e. The van der Waals surface area contributed by atoms with Crippen LogP contribution in [-0.2, 0) is 4.79 Å². The first kappa shape index (κ1) is 19.1. The van der Waals surface area contributed by atoms with E-state index in [1.165, 1.54) is 23.9 Å². The molecule has 0 fully saturated rings. The van der Waals surface area contributed by atoms with Crippen LogP contribution in [0.15, 0.2) is 65.8 Å². The standard InChI is InChI=1S/C22H19FN4OS/c1-14-5-3-4-6-19(14)26-20(28)13-29-21-11-15(2)25-22-18(12-24-27(21)22)16-7-9-17(23)10-8-16/h3-12H,13H2,1-2H3,(H,26,28). The number of rotatable bonds is 5. The molecule has 7 heteroatoms. The van der Waals surface area contributed by atoms with Gasteiger partial charge in [0.1, 0.15) is 10.8 Å². The Morgan fingerprint density at radius 2 is 1.90 bits per heavy atom. The van der Waals surface area contributed by atoms with Crippen molar-refractivity contribution in [3.05, 3.63) is 77.9 Å². The summed E-state index contributed by atoms with van der Waals surface area (Å²) in [5.74, 6) is -0.123. The molecule has 4 aromatic rings. The van der Waals surface area contributed by atoms with Crippen LogP contribution in [0.1, 0.15) is 11.3 Å². The van der Waals surface area contributed by atoms with Gasteiger partial charge in [-0.3, -0.25) is 4.79 Å². The summed E-state index contributed by atoms with van der Waals surface area (Å²) >= 11 is 1.40. The van der Waals surface area contributed by atoms with Crippen molar-refractivity contribution >= 4 is 29.0 Å². The van der Waals surface area contributed by atoms with Crippen LogP contribution in [0.4, 0.5) is 10.1 Å². The molecule has 0 aliphatic heterocycles. The molecule has 4 rings (SSSR count). The molecule has 29 heavy (non-hydrogen) atoms. The minimum Gasteiger partial charge on any atom is -0.325 e. The molecule has 0 aliphatic carbocycles. The van der Waals surface area contributed by atoms with E-state index < -0.39 is 0 Å². The Morgan fingerprint density at radius 1 is 1.14 bits per heavy atom. The molecule has 2 heterocycles. The van der Waals surface area contributed by atoms with Crippen molar-refractivity contribution in [2.75, 3.05) is 11.1 Å². The number of fused-ring (bicyclic) bond motifs is 1. The Bertz CT molecular complexity index is 1190. The molecule has 2 aromatic heterocycles. The summed E-state index contributed by atoms with van der Waals surface area (Å²) in [7, 11) is 0. The number of benzene rings is 2. The van der Waals surface area contributed by atoms with E-state index in [1.807, 2.05) is 44.2 Å². The van der Waals surface area contributed by atoms with Gasteiger partial charge in [0.2, 0.25) is 5.91 Å². The van der Waals surface area contributed by atoms with Crippen LogP contribution >= 0.6 is 11.8 Å². The molecule has 0 spiro atoms. The number of nitrogens with zero attached hydrogens (tertiary/aromatic N) is 3. The predicted octanol–water partition coefficient (Wildman–Crippen LogP) is 4.88. The monoisotopic (exact) mass is 406 g/mol. The summed E-state index contributed by atoms with van der Waals surface area (Å²) in [4.78, 5) is 17.0. The third kappa shape index (κ3) is 4.14. The minimum absolute atomic E-state index is 0.0853. The van der Waals surface area contributed by atoms with Gasteiger partial charge in [0.25, 0.3) is 0 Å². The zero-order valence-electron chi connectivity index (χ0n) is 16.0. The molecule has 1 N–H and O–H groups in total. The van der Waals surface area contributed by atoms with Crippen LogP contribution in [0.2, 0.25) is 0 Å². The second kappa shape index (κ2) is 8.05. The quantitative estimate of drug-likeness (QED) is 0.379. The van der Waals surface area contributed by atoms with E-state index in [1.54, 1.807) is 22.8 Å². The van der Waals surface area contributed by atoms with Gasteiger partial charge in [-0.15, -0.1) is 0 Å². The first-order valence-corrected chi connectivity index (χ1v) is 10.1. The summed E-state index contributed by atoms with van der Waals surface area (Å²) < 4.78 is 15.0. The fourth-order valence-electron chi connectivity index (χ4n) is 3.02. The Balaban J connectivity index is 1.57. The maximum Gasteiger partial charge on any atom is 0.234 e. The fraction of sp³-hybridized carbons (Fsp3) is 0.136. The lowest BCUT2D eigenvalue weighted by Gasteiger charge is -2.09. The zero-order chi connectivity index (χ0) is 20.4. The van der Waals surface area contributed by atoms with Crippen molar-refractivity contribution in [3.63, 3.8) is 0 Å². The Morgan fingerprint density at radius 3 is 2.66 bits per heavy atom. The van der Waals surface area contributed by atoms with Gasteiger partial charge in [0.05, 0.1) is 11.9 Å². The number of carbonyl (C=O) groups excluding carboxylic acids is 1. The number of amides is 1. The van der Waals surface area contributed by atoms with Gasteiger partial charge < -0.3 is 5.32 Å². The van der Waals surface area contributed by atoms with E-state index >= 15 is 0 Å². The second-order valence-corrected chi connectivity index (χ2v) is 7.68. The van der Waals surface area contributed by atoms with Crippen molar-refractivity contribution in [3.8, 4) is 11.1 Å². The highest BCUT2D eigenvalue weighted by molar-refractivity contribution is 7.99. The number of hydrogen-bond donors (Lipinski definition) is 1. The number of hydrogen-bond acceptors (Lipinski definition) is 4. The highest BCUT2D eigenvalue weighted by atomic mass is 32.2. The highest BCUT2D eigenvalue weighted by Crippen LogP contribution is 2.28. The lowest BCUT2D eigenvalue weighted by molar-refractivity contribution is -0.113. The van der Waals surface area contributed by atoms with Crippen LogP contribution < -0.4 is 5.32 Å². The van der Waals surface area contributed by atoms with Crippen molar-refractivity contribution in [1.29, 1.82) is 0 Å². The van der Waals surface area contributed by atoms with E-state index in [-0.39, 0.29) is 17.5 Å². The topological polar surface area (TPSA) is 59.3 Å². The number of halogens is 1. The maximum absolute atomic E-state index is 13.3. The fourth-order valence-corrected chi connectivity index (χ4v) is 3.89. The van der Waals surface area contributed by atoms with Crippen molar-refractivity contribution in [2.45, 2.75) is 18.9 Å². The van der Waals surface area contributed by atoms with Gasteiger partial charge in [-0.2, -0.15) is 5.10 Å². The van der Waals surface area contributed by atoms with Crippen molar-refractivity contribution < 1.29 is 9.18 Å². The zero-order valence-corrected chi connectivity index (χ0v) is 16.8. The molecule has 0 radical (unpaired) electrons. The number of anilines is 1. The molecular weight excluding hydrogens is 387 g/mol. The normalized spacial score (nSPS) is 11.0. The molecule has 146 valence electrons. The lowest BCUT2D eigenvalue weighted by Crippen LogP contribution is -2.15. The Kier molecular flexibility index (Phi) is 5.31. The highest BCUT2D eigenvalue weighted by Gasteiger charge is 2.14. The van der Waals surface area contributed by atoms with Crippen LogP contribution in [0, 0.1) is 19.7 Å². The molecule has 5 nitrogen and oxygen atoms in total. The molecule has 0 unspecified atom stereocenters. The third-order valence-corrected chi connectivity index (χ3v) is 5.49. The van der Waals surface area contributed by atoms with E-state index in [4.69, 9.17) is 0 Å². The number of thioether (sulfide) groups is 1. The minimum atomic E-state index is -0.287. The number of aryl methyl sites for hydroxylation is 2. The third-order valence-electron chi connectivity index (χ3n) is 4.49. The molecule has 2 aromatic carbocycles. The van der Waals surface area contributed by atoms with Gasteiger partial charge in [-0.05, 0) is 49.2 Å². The van der Waals surface area contributed by atoms with Gasteiger partial charge in [0, 0.05) is 16.9 Å². The van der Waals surface area contributed by atoms with Gasteiger partial charge in [-0.1, -0.05) is 42.1 Å². The summed E-state index contributed by atoms with van der Waals surface area (Å²) in [6.45, 7) is 3.86. The molecule has 0 bridgehead atoms. The molecule has 0 aliphatic rings. The first-order chi connectivity index (χ1) is 14.0. The predicted molar refractivity (Wildman–Crippen MR) is 114 cm³/mol. The van der Waals surface area contributed by atoms with Crippen LogP contribution in [0.3, 0.4) is 0 Å². The lowest BCUT2D eigenvalue weighted by atomic mass is 10.1. The van der Waals surface area contributed by atoms with E-state index in [9.17, 15) is 9.18 Å². The number of aromatic nitrogens is 3. The molecule has 0 atom stereocenters. The van der Waals surface area contributed by atoms with Crippen molar-refractivity contribution in [2.24, 2.45) is 0 Å². The molecule has 0 saturated carbocycles. The van der Waals surface area contributed by atoms with E-state index in [0.29, 0.717) is 5.65 Å². The second-order valence-electron chi connectivity index (χ2n) is 6.69. The Hall–Kier alpha value is -3.19. The maximum atomic E-state index is 13.3. The van der Waals surface area contributed by atoms with Crippen LogP contribution in [0.5, 0.6) is 0 Å². The number of nitrogens with one attached hydrogen (secondary N) is 1. The summed E-state index contributed by atoms with van der Waals surface area (Å²) in [6.07, 6.45) is 1.71. The van der Waals surface area contributed by atoms with Crippen LogP contribution in [-0.4, -0.2) is 26.3 Å². The first-order valence-electron chi connectivity index (χ1n) is 9.11. The number of carbonyl (C=O) groups is 1. The largest absolute Gasteiger partial charge is 0.325 e. The van der Waals surface area contributed by atoms with E-state index in [2.05, 4.69) is 15.4 Å². The molecule has 0 saturated heterocycles. The van der Waals surface area contributed by atoms with Gasteiger partial charge >= 0.3 is 0 Å². The Labute approximate surface area is 172 Å². The molecule has 1 amide bonds. The summed E-state index contributed by atoms with van der Waals surface area (Å²) in [5.41, 5.74) is 4.99. The van der Waals surface area contributed by atoms with Gasteiger partial charge in [0.15, 0.2) is 5.65 Å². The summed E-state index contributed by atoms with van der Waals surface area (Å²) in [6, 6.07) is 15.8. The summed E-state index contributed by atoms with van der Waals surface area (Å²) in [5, 5.41) is 8.20.